The molecule has 9 aliphatic rings. The molecule has 90 heavy (non-hydrogen) atoms. The Kier molecular flexibility index (Phi) is 21.7. The van der Waals surface area contributed by atoms with Gasteiger partial charge >= 0.3 is 17.9 Å². The lowest BCUT2D eigenvalue weighted by Crippen LogP contribution is -2.31. The van der Waals surface area contributed by atoms with Crippen molar-refractivity contribution in [3.63, 3.8) is 0 Å². The van der Waals surface area contributed by atoms with E-state index in [2.05, 4.69) is 77.1 Å². The van der Waals surface area contributed by atoms with Crippen molar-refractivity contribution < 1.29 is 57.4 Å². The molecule has 0 aromatic carbocycles. The van der Waals surface area contributed by atoms with Crippen LogP contribution < -0.4 is 0 Å². The molecule has 482 valence electrons. The lowest BCUT2D eigenvalue weighted by molar-refractivity contribution is -0.145. The van der Waals surface area contributed by atoms with E-state index in [1.54, 1.807) is 106 Å². The number of allylic oxidation sites excluding steroid dienone is 3. The van der Waals surface area contributed by atoms with Crippen molar-refractivity contribution in [1.82, 2.24) is 47.8 Å². The summed E-state index contributed by atoms with van der Waals surface area (Å²) in [5.74, 6) is -0.820. The smallest absolute Gasteiger partial charge is 0.334 e. The van der Waals surface area contributed by atoms with E-state index in [1.165, 1.54) is 11.1 Å². The van der Waals surface area contributed by atoms with Gasteiger partial charge in [-0.15, -0.1) is 0 Å². The van der Waals surface area contributed by atoms with Crippen LogP contribution in [0.3, 0.4) is 0 Å². The molecule has 0 amide bonds. The van der Waals surface area contributed by atoms with Crippen LogP contribution in [0, 0.1) is 23.7 Å². The summed E-state index contributed by atoms with van der Waals surface area (Å²) in [6.07, 6.45) is 41.8. The maximum Gasteiger partial charge on any atom is 0.334 e. The van der Waals surface area contributed by atoms with Crippen LogP contribution in [0.25, 0.3) is 0 Å². The molecule has 1 unspecified atom stereocenters. The molecule has 0 saturated carbocycles. The highest BCUT2D eigenvalue weighted by atomic mass is 32.1. The number of rotatable bonds is 7. The summed E-state index contributed by atoms with van der Waals surface area (Å²) in [4.78, 5) is 56.4. The number of aliphatic hydroxyl groups excluding tert-OH is 1. The minimum atomic E-state index is -0.292. The topological polar surface area (TPSA) is 244 Å². The van der Waals surface area contributed by atoms with Gasteiger partial charge in [-0.2, -0.15) is 0 Å². The summed E-state index contributed by atoms with van der Waals surface area (Å²) in [5, 5.41) is 10.7. The second kappa shape index (κ2) is 29.0. The second-order valence-electron chi connectivity index (χ2n) is 24.2. The predicted octanol–water partition coefficient (Wildman–Crippen LogP) is 9.30. The third-order valence-electron chi connectivity index (χ3n) is 18.3. The fraction of sp³-hybridized carbons (Fsp3) is 0.523. The van der Waals surface area contributed by atoms with Crippen LogP contribution in [0.1, 0.15) is 113 Å². The fourth-order valence-corrected chi connectivity index (χ4v) is 13.4. The number of nitrogens with zero attached hydrogens (tertiary/aromatic N) is 10. The Bertz CT molecular complexity index is 3410. The lowest BCUT2D eigenvalue weighted by Gasteiger charge is -2.23. The van der Waals surface area contributed by atoms with Gasteiger partial charge in [-0.1, -0.05) is 46.2 Å². The Morgan fingerprint density at radius 3 is 1.39 bits per heavy atom. The zero-order chi connectivity index (χ0) is 61.7. The summed E-state index contributed by atoms with van der Waals surface area (Å²) in [6.45, 7) is 15.6. The molecular formula is C65H82N10O12S3. The van der Waals surface area contributed by atoms with Crippen molar-refractivity contribution in [3.8, 4) is 0 Å². The number of carbonyl (C=O) groups is 3. The van der Waals surface area contributed by atoms with Crippen LogP contribution in [0.2, 0.25) is 0 Å². The number of imidazole rings is 5. The maximum absolute atomic E-state index is 12.8. The van der Waals surface area contributed by atoms with Gasteiger partial charge in [0, 0.05) is 97.4 Å². The molecular weight excluding hydrogens is 1210 g/mol. The highest BCUT2D eigenvalue weighted by Crippen LogP contribution is 2.53. The molecule has 0 radical (unpaired) electrons. The monoisotopic (exact) mass is 1290 g/mol. The van der Waals surface area contributed by atoms with Crippen molar-refractivity contribution >= 4 is 70.0 Å². The molecule has 25 heteroatoms. The normalized spacial score (nSPS) is 32.8. The summed E-state index contributed by atoms with van der Waals surface area (Å²) in [7, 11) is 0. The molecule has 0 bridgehead atoms. The molecule has 14 rings (SSSR count). The Morgan fingerprint density at radius 1 is 0.567 bits per heavy atom. The van der Waals surface area contributed by atoms with Crippen LogP contribution in [0.5, 0.6) is 0 Å². The third-order valence-corrected chi connectivity index (χ3v) is 19.4. The number of carbonyl (C=O) groups excluding carboxylic acids is 3. The Hall–Kier alpha value is -7.13. The maximum atomic E-state index is 12.8. The fourth-order valence-electron chi connectivity index (χ4n) is 12.8. The van der Waals surface area contributed by atoms with Gasteiger partial charge in [0.15, 0.2) is 5.11 Å². The van der Waals surface area contributed by atoms with Crippen LogP contribution in [0.15, 0.2) is 153 Å². The number of aromatic nitrogens is 10. The first-order chi connectivity index (χ1) is 42.4. The van der Waals surface area contributed by atoms with Crippen molar-refractivity contribution in [1.29, 1.82) is 0 Å². The minimum Gasteiger partial charge on any atom is -0.466 e. The first-order valence-corrected chi connectivity index (χ1v) is 31.1. The minimum absolute atomic E-state index is 0. The van der Waals surface area contributed by atoms with Crippen molar-refractivity contribution in [2.45, 2.75) is 173 Å². The first-order valence-electron chi connectivity index (χ1n) is 29.9. The highest BCUT2D eigenvalue weighted by Gasteiger charge is 2.64. The van der Waals surface area contributed by atoms with Gasteiger partial charge in [0.05, 0.1) is 35.7 Å². The zero-order valence-electron chi connectivity index (χ0n) is 49.5. The lowest BCUT2D eigenvalue weighted by atomic mass is 9.80. The van der Waals surface area contributed by atoms with Crippen LogP contribution >= 0.6 is 36.7 Å². The molecule has 11 heterocycles. The molecule has 1 N–H and O–H groups in total. The van der Waals surface area contributed by atoms with Crippen molar-refractivity contribution in [3.05, 3.63) is 153 Å². The van der Waals surface area contributed by atoms with E-state index in [0.29, 0.717) is 46.4 Å². The molecule has 3 aliphatic carbocycles. The molecule has 22 nitrogen and oxygen atoms in total. The molecule has 0 spiro atoms. The number of aliphatic hydroxyl groups is 1. The highest BCUT2D eigenvalue weighted by molar-refractivity contribution is 7.80. The number of thiocarbonyl (C=S) groups is 3. The SMILES string of the molecule is C.C.C=C1C(=O)O[C@H]2[C@H]1CC/C(CO)=C\CC[C@@]1(C)O[C@@H]21.C=C1C(=O)O[C@H]2[C@H]1CC/C(COC(=S)n1ccnc1)=C\CC[C@@]1(C)O[C@@H]21.C[C@@]12CC/C=C(/COC(=S)n3ccnc3)CC[C@H]3C(Cn4ccnc4)C(=O)O[C@@H]3[C@@H]1O2.S=C(n1ccnc1)n1ccnc1. The summed E-state index contributed by atoms with van der Waals surface area (Å²) >= 11 is 15.8. The van der Waals surface area contributed by atoms with Gasteiger partial charge in [0.25, 0.3) is 10.3 Å². The largest absolute Gasteiger partial charge is 0.466 e. The Morgan fingerprint density at radius 2 is 0.967 bits per heavy atom. The summed E-state index contributed by atoms with van der Waals surface area (Å²) in [6, 6.07) is 0. The van der Waals surface area contributed by atoms with Gasteiger partial charge in [-0.25, -0.2) is 34.5 Å². The van der Waals surface area contributed by atoms with Crippen molar-refractivity contribution in [2.24, 2.45) is 23.7 Å². The van der Waals surface area contributed by atoms with E-state index in [1.807, 2.05) is 10.8 Å². The Labute approximate surface area is 541 Å². The van der Waals surface area contributed by atoms with Crippen LogP contribution in [-0.4, -0.2) is 159 Å². The number of fused-ring (bicyclic) bond motifs is 9. The van der Waals surface area contributed by atoms with E-state index in [-0.39, 0.29) is 116 Å². The molecule has 5 aromatic rings. The third kappa shape index (κ3) is 15.4. The molecule has 6 aliphatic heterocycles. The second-order valence-corrected chi connectivity index (χ2v) is 25.3. The average molecular weight is 1290 g/mol. The molecule has 6 saturated heterocycles. The molecule has 5 aromatic heterocycles. The van der Waals surface area contributed by atoms with E-state index in [0.717, 1.165) is 82.6 Å². The van der Waals surface area contributed by atoms with Gasteiger partial charge in [0.1, 0.15) is 75.1 Å². The number of hydrogen-bond acceptors (Lipinski definition) is 20. The van der Waals surface area contributed by atoms with E-state index >= 15 is 0 Å². The molecule has 13 atom stereocenters. The Balaban J connectivity index is 0.000000148. The van der Waals surface area contributed by atoms with E-state index in [4.69, 9.17) is 74.5 Å². The number of ether oxygens (including phenoxy) is 8. The number of esters is 3. The van der Waals surface area contributed by atoms with E-state index < -0.39 is 0 Å². The van der Waals surface area contributed by atoms with Gasteiger partial charge in [-0.3, -0.25) is 23.1 Å². The van der Waals surface area contributed by atoms with Crippen LogP contribution in [-0.2, 0) is 58.8 Å². The first kappa shape index (κ1) is 67.3. The summed E-state index contributed by atoms with van der Waals surface area (Å²) in [5.41, 5.74) is 3.85. The summed E-state index contributed by atoms with van der Waals surface area (Å²) < 4.78 is 55.1. The molecule has 6 fully saturated rings. The van der Waals surface area contributed by atoms with Crippen LogP contribution in [0.4, 0.5) is 0 Å². The standard InChI is InChI=1S/C22H26N4O4S.C19H22N2O4S.C15H20O4.C7H6N4S.2CH4/c1-22-6-2-3-15(12-28-21(31)26-10-8-24-14-26)4-5-16-17(11-25-9-7-23-13-25)20(27)29-18(16)19(22)30-22;1-12-14-6-5-13(10-23-18(26)21-9-8-20-11-21)4-3-7-19(2)16(25-19)15(14)24-17(12)22;1-9-11-6-5-10(8-16)4-3-7-15(2)13(19-15)12(11)18-14(9)17;12-7(10-3-1-8-5-10)11-4-2-9-6-11;;/h3,7-10,13-14,16-19H,2,4-6,11-12H2,1H3;4,8-9,11,14-16H,1,3,5-7,10H2,2H3;4,11-13,16H,1,3,5-8H2,2H3;1-6H;2*1H4/b15-3+;13-4+;10-4+;;;/t16-,17?,18-,19-,22+;14-,15-,16-,19+;11-,12-,13-,15+;;;/m000.../s1. The number of epoxide rings is 3. The van der Waals surface area contributed by atoms with Gasteiger partial charge in [-0.05, 0) is 151 Å². The van der Waals surface area contributed by atoms with E-state index in [9.17, 15) is 19.5 Å². The van der Waals surface area contributed by atoms with Gasteiger partial charge in [0.2, 0.25) is 0 Å². The average Bonchev–Trinajstić information content (AvgIpc) is 1.61. The van der Waals surface area contributed by atoms with Gasteiger partial charge < -0.3 is 47.6 Å². The number of hydrogen-bond donors (Lipinski definition) is 1. The zero-order valence-corrected chi connectivity index (χ0v) is 52.0. The predicted molar refractivity (Wildman–Crippen MR) is 344 cm³/mol. The quantitative estimate of drug-likeness (QED) is 0.0398. The van der Waals surface area contributed by atoms with Crippen molar-refractivity contribution in [2.75, 3.05) is 19.8 Å².